The van der Waals surface area contributed by atoms with Crippen LogP contribution < -0.4 is 9.47 Å². The summed E-state index contributed by atoms with van der Waals surface area (Å²) in [7, 11) is 0. The van der Waals surface area contributed by atoms with E-state index in [-0.39, 0.29) is 17.7 Å². The normalized spacial score (nSPS) is 14.7. The van der Waals surface area contributed by atoms with E-state index in [4.69, 9.17) is 9.47 Å². The molecule has 1 aliphatic heterocycles. The zero-order valence-corrected chi connectivity index (χ0v) is 20.4. The molecule has 2 amide bonds. The Balaban J connectivity index is 1.40. The summed E-state index contributed by atoms with van der Waals surface area (Å²) in [6.45, 7) is 3.01. The fourth-order valence-corrected chi connectivity index (χ4v) is 4.32. The smallest absolute Gasteiger partial charge is 0.293 e. The standard InChI is InChI=1S/C26H22BrNO4S/c1-18-6-12-22(13-7-18)31-14-15-32-23-5-3-2-4-20(23)16-24-25(29)28(26(30)33-24)17-19-8-10-21(27)11-9-19/h2-13,16H,14-15,17H2,1H3/b24-16-. The molecule has 0 radical (unpaired) electrons. The van der Waals surface area contributed by atoms with Crippen molar-refractivity contribution < 1.29 is 19.1 Å². The van der Waals surface area contributed by atoms with Gasteiger partial charge in [0, 0.05) is 10.0 Å². The number of ether oxygens (including phenoxy) is 2. The maximum atomic E-state index is 12.9. The molecule has 3 aromatic carbocycles. The summed E-state index contributed by atoms with van der Waals surface area (Å²) in [4.78, 5) is 27.0. The summed E-state index contributed by atoms with van der Waals surface area (Å²) < 4.78 is 12.6. The molecule has 0 atom stereocenters. The number of benzene rings is 3. The molecular formula is C26H22BrNO4S. The van der Waals surface area contributed by atoms with E-state index in [0.717, 1.165) is 33.1 Å². The molecular weight excluding hydrogens is 502 g/mol. The Morgan fingerprint density at radius 3 is 2.36 bits per heavy atom. The van der Waals surface area contributed by atoms with Crippen LogP contribution >= 0.6 is 27.7 Å². The summed E-state index contributed by atoms with van der Waals surface area (Å²) in [6.07, 6.45) is 1.71. The molecule has 0 aromatic heterocycles. The third-order valence-corrected chi connectivity index (χ3v) is 6.40. The van der Waals surface area contributed by atoms with Crippen LogP contribution in [-0.4, -0.2) is 29.3 Å². The van der Waals surface area contributed by atoms with Gasteiger partial charge in [0.1, 0.15) is 24.7 Å². The quantitative estimate of drug-likeness (QED) is 0.250. The molecule has 0 bridgehead atoms. The van der Waals surface area contributed by atoms with Crippen LogP contribution in [0.15, 0.2) is 82.2 Å². The van der Waals surface area contributed by atoms with Crippen molar-refractivity contribution in [2.45, 2.75) is 13.5 Å². The first-order valence-electron chi connectivity index (χ1n) is 10.4. The molecule has 1 fully saturated rings. The van der Waals surface area contributed by atoms with E-state index in [1.807, 2.05) is 79.7 Å². The van der Waals surface area contributed by atoms with Crippen LogP contribution in [0.4, 0.5) is 4.79 Å². The van der Waals surface area contributed by atoms with Gasteiger partial charge in [-0.25, -0.2) is 0 Å². The highest BCUT2D eigenvalue weighted by molar-refractivity contribution is 9.10. The molecule has 1 saturated heterocycles. The first kappa shape index (κ1) is 23.1. The minimum Gasteiger partial charge on any atom is -0.490 e. The van der Waals surface area contributed by atoms with Gasteiger partial charge in [-0.15, -0.1) is 0 Å². The van der Waals surface area contributed by atoms with E-state index in [1.165, 1.54) is 10.5 Å². The van der Waals surface area contributed by atoms with Crippen molar-refractivity contribution in [1.82, 2.24) is 4.90 Å². The maximum Gasteiger partial charge on any atom is 0.293 e. The van der Waals surface area contributed by atoms with Crippen LogP contribution in [-0.2, 0) is 11.3 Å². The van der Waals surface area contributed by atoms with E-state index >= 15 is 0 Å². The minimum atomic E-state index is -0.301. The van der Waals surface area contributed by atoms with Crippen LogP contribution in [0.5, 0.6) is 11.5 Å². The highest BCUT2D eigenvalue weighted by Crippen LogP contribution is 2.35. The van der Waals surface area contributed by atoms with E-state index in [9.17, 15) is 9.59 Å². The Labute approximate surface area is 205 Å². The van der Waals surface area contributed by atoms with Gasteiger partial charge in [0.05, 0.1) is 11.4 Å². The van der Waals surface area contributed by atoms with Gasteiger partial charge < -0.3 is 9.47 Å². The van der Waals surface area contributed by atoms with Gasteiger partial charge in [-0.2, -0.15) is 0 Å². The van der Waals surface area contributed by atoms with Crippen LogP contribution in [0.2, 0.25) is 0 Å². The second-order valence-electron chi connectivity index (χ2n) is 7.44. The van der Waals surface area contributed by atoms with E-state index in [0.29, 0.717) is 23.9 Å². The second-order valence-corrected chi connectivity index (χ2v) is 9.35. The lowest BCUT2D eigenvalue weighted by Gasteiger charge is -2.12. The fourth-order valence-electron chi connectivity index (χ4n) is 3.23. The van der Waals surface area contributed by atoms with E-state index < -0.39 is 0 Å². The maximum absolute atomic E-state index is 12.9. The highest BCUT2D eigenvalue weighted by atomic mass is 79.9. The second kappa shape index (κ2) is 10.7. The predicted molar refractivity (Wildman–Crippen MR) is 134 cm³/mol. The Kier molecular flexibility index (Phi) is 7.52. The number of aryl methyl sites for hydroxylation is 1. The van der Waals surface area contributed by atoms with Gasteiger partial charge in [-0.05, 0) is 60.7 Å². The Bertz CT molecular complexity index is 1180. The minimum absolute atomic E-state index is 0.240. The van der Waals surface area contributed by atoms with Crippen LogP contribution in [0.25, 0.3) is 6.08 Å². The molecule has 0 aliphatic carbocycles. The SMILES string of the molecule is Cc1ccc(OCCOc2ccccc2/C=C2\SC(=O)N(Cc3ccc(Br)cc3)C2=O)cc1. The number of thioether (sulfide) groups is 1. The molecule has 0 N–H and O–H groups in total. The molecule has 0 saturated carbocycles. The molecule has 168 valence electrons. The molecule has 3 aromatic rings. The summed E-state index contributed by atoms with van der Waals surface area (Å²) in [5, 5.41) is -0.279. The van der Waals surface area contributed by atoms with Crippen LogP contribution in [0.1, 0.15) is 16.7 Å². The lowest BCUT2D eigenvalue weighted by Crippen LogP contribution is -2.27. The van der Waals surface area contributed by atoms with E-state index in [2.05, 4.69) is 15.9 Å². The lowest BCUT2D eigenvalue weighted by molar-refractivity contribution is -0.123. The number of carbonyl (C=O) groups excluding carboxylic acids is 2. The van der Waals surface area contributed by atoms with Gasteiger partial charge >= 0.3 is 0 Å². The Morgan fingerprint density at radius 1 is 0.909 bits per heavy atom. The van der Waals surface area contributed by atoms with Crippen LogP contribution in [0.3, 0.4) is 0 Å². The van der Waals surface area contributed by atoms with Gasteiger partial charge in [-0.3, -0.25) is 14.5 Å². The fraction of sp³-hybridized carbons (Fsp3) is 0.154. The molecule has 1 aliphatic rings. The number of carbonyl (C=O) groups is 2. The molecule has 4 rings (SSSR count). The van der Waals surface area contributed by atoms with Gasteiger partial charge in [0.2, 0.25) is 0 Å². The van der Waals surface area contributed by atoms with Crippen molar-refractivity contribution in [2.75, 3.05) is 13.2 Å². The Morgan fingerprint density at radius 2 is 1.61 bits per heavy atom. The summed E-state index contributed by atoms with van der Waals surface area (Å²) in [5.74, 6) is 1.12. The first-order valence-corrected chi connectivity index (χ1v) is 12.0. The zero-order chi connectivity index (χ0) is 23.2. The first-order chi connectivity index (χ1) is 16.0. The number of imide groups is 1. The number of halogens is 1. The van der Waals surface area contributed by atoms with Crippen molar-refractivity contribution >= 4 is 44.9 Å². The van der Waals surface area contributed by atoms with Crippen molar-refractivity contribution in [3.63, 3.8) is 0 Å². The average molecular weight is 524 g/mol. The number of para-hydroxylation sites is 1. The monoisotopic (exact) mass is 523 g/mol. The molecule has 0 spiro atoms. The number of rotatable bonds is 8. The third-order valence-electron chi connectivity index (χ3n) is 4.96. The van der Waals surface area contributed by atoms with Crippen LogP contribution in [0, 0.1) is 6.92 Å². The zero-order valence-electron chi connectivity index (χ0n) is 18.0. The van der Waals surface area contributed by atoms with Crippen molar-refractivity contribution in [2.24, 2.45) is 0 Å². The summed E-state index contributed by atoms with van der Waals surface area (Å²) in [6, 6.07) is 22.8. The molecule has 1 heterocycles. The largest absolute Gasteiger partial charge is 0.490 e. The van der Waals surface area contributed by atoms with Crippen molar-refractivity contribution in [1.29, 1.82) is 0 Å². The Hall–Kier alpha value is -3.03. The molecule has 33 heavy (non-hydrogen) atoms. The predicted octanol–water partition coefficient (Wildman–Crippen LogP) is 6.45. The van der Waals surface area contributed by atoms with Gasteiger partial charge in [0.25, 0.3) is 11.1 Å². The summed E-state index contributed by atoms with van der Waals surface area (Å²) in [5.41, 5.74) is 2.80. The number of hydrogen-bond donors (Lipinski definition) is 0. The average Bonchev–Trinajstić information content (AvgIpc) is 3.07. The molecule has 5 nitrogen and oxygen atoms in total. The van der Waals surface area contributed by atoms with Gasteiger partial charge in [0.15, 0.2) is 0 Å². The van der Waals surface area contributed by atoms with Gasteiger partial charge in [-0.1, -0.05) is 64.0 Å². The number of nitrogens with zero attached hydrogens (tertiary/aromatic N) is 1. The topological polar surface area (TPSA) is 55.8 Å². The lowest BCUT2D eigenvalue weighted by atomic mass is 10.1. The number of hydrogen-bond acceptors (Lipinski definition) is 5. The number of amides is 2. The van der Waals surface area contributed by atoms with Crippen molar-refractivity contribution in [3.8, 4) is 11.5 Å². The third kappa shape index (κ3) is 6.06. The van der Waals surface area contributed by atoms with Crippen molar-refractivity contribution in [3.05, 3.63) is 98.9 Å². The highest BCUT2D eigenvalue weighted by Gasteiger charge is 2.35. The molecule has 0 unspecified atom stereocenters. The van der Waals surface area contributed by atoms with E-state index in [1.54, 1.807) is 6.08 Å². The molecule has 7 heteroatoms. The summed E-state index contributed by atoms with van der Waals surface area (Å²) >= 11 is 4.34.